The highest BCUT2D eigenvalue weighted by atomic mass is 32.1. The third-order valence-corrected chi connectivity index (χ3v) is 2.68. The van der Waals surface area contributed by atoms with Crippen molar-refractivity contribution in [2.24, 2.45) is 0 Å². The molecule has 3 nitrogen and oxygen atoms in total. The van der Waals surface area contributed by atoms with Crippen molar-refractivity contribution in [3.8, 4) is 11.8 Å². The molecule has 0 bridgehead atoms. The van der Waals surface area contributed by atoms with Crippen molar-refractivity contribution in [3.63, 3.8) is 0 Å². The summed E-state index contributed by atoms with van der Waals surface area (Å²) in [7, 11) is 1.61. The number of ether oxygens (including phenoxy) is 1. The minimum Gasteiger partial charge on any atom is -0.495 e. The second kappa shape index (κ2) is 3.04. The maximum Gasteiger partial charge on any atom is 0.195 e. The molecule has 0 atom stereocenters. The Balaban J connectivity index is 2.76. The Hall–Kier alpha value is -1.60. The molecule has 0 fully saturated rings. The largest absolute Gasteiger partial charge is 0.495 e. The van der Waals surface area contributed by atoms with E-state index in [1.54, 1.807) is 7.11 Å². The molecule has 4 heteroatoms. The summed E-state index contributed by atoms with van der Waals surface area (Å²) in [5, 5.41) is 9.13. The molecule has 64 valence electrons. The molecule has 0 aliphatic heterocycles. The summed E-state index contributed by atoms with van der Waals surface area (Å²) in [4.78, 5) is 4.12. The van der Waals surface area contributed by atoms with Gasteiger partial charge in [-0.2, -0.15) is 5.26 Å². The second-order valence-electron chi connectivity index (χ2n) is 2.44. The standard InChI is InChI=1S/C9H6N2OS/c1-12-7-4-2-3-6-9(7)13-8(5-10)11-6/h2-4H,1H3. The van der Waals surface area contributed by atoms with Crippen LogP contribution >= 0.6 is 11.3 Å². The fourth-order valence-corrected chi connectivity index (χ4v) is 1.99. The van der Waals surface area contributed by atoms with Crippen molar-refractivity contribution in [3.05, 3.63) is 23.2 Å². The van der Waals surface area contributed by atoms with E-state index >= 15 is 0 Å². The number of hydrogen-bond acceptors (Lipinski definition) is 4. The number of benzene rings is 1. The molecule has 0 radical (unpaired) electrons. The lowest BCUT2D eigenvalue weighted by atomic mass is 10.3. The van der Waals surface area contributed by atoms with Gasteiger partial charge in [-0.1, -0.05) is 17.4 Å². The van der Waals surface area contributed by atoms with E-state index in [4.69, 9.17) is 10.00 Å². The summed E-state index contributed by atoms with van der Waals surface area (Å²) < 4.78 is 6.08. The fraction of sp³-hybridized carbons (Fsp3) is 0.111. The first kappa shape index (κ1) is 8.02. The Morgan fingerprint density at radius 3 is 3.08 bits per heavy atom. The molecule has 0 saturated carbocycles. The van der Waals surface area contributed by atoms with E-state index < -0.39 is 0 Å². The molecule has 1 aromatic heterocycles. The van der Waals surface area contributed by atoms with Crippen LogP contribution in [0.4, 0.5) is 0 Å². The summed E-state index contributed by atoms with van der Waals surface area (Å²) in [6, 6.07) is 7.62. The third kappa shape index (κ3) is 1.23. The average Bonchev–Trinajstić information content (AvgIpc) is 2.59. The van der Waals surface area contributed by atoms with Crippen LogP contribution in [0.1, 0.15) is 5.01 Å². The Kier molecular flexibility index (Phi) is 1.87. The van der Waals surface area contributed by atoms with Crippen LogP contribution in [0.25, 0.3) is 10.2 Å². The van der Waals surface area contributed by atoms with Crippen molar-refractivity contribution >= 4 is 21.6 Å². The zero-order valence-corrected chi connectivity index (χ0v) is 7.76. The Labute approximate surface area is 79.2 Å². The summed E-state index contributed by atoms with van der Waals surface area (Å²) in [5.41, 5.74) is 0.820. The predicted molar refractivity (Wildman–Crippen MR) is 50.9 cm³/mol. The smallest absolute Gasteiger partial charge is 0.195 e. The van der Waals surface area contributed by atoms with Crippen molar-refractivity contribution in [2.45, 2.75) is 0 Å². The first-order valence-electron chi connectivity index (χ1n) is 3.69. The van der Waals surface area contributed by atoms with E-state index in [1.165, 1.54) is 11.3 Å². The normalized spacial score (nSPS) is 9.85. The van der Waals surface area contributed by atoms with Crippen molar-refractivity contribution in [2.75, 3.05) is 7.11 Å². The van der Waals surface area contributed by atoms with E-state index in [0.717, 1.165) is 16.0 Å². The number of nitrogens with zero attached hydrogens (tertiary/aromatic N) is 2. The van der Waals surface area contributed by atoms with Gasteiger partial charge in [-0.3, -0.25) is 0 Å². The molecular formula is C9H6N2OS. The van der Waals surface area contributed by atoms with E-state index in [-0.39, 0.29) is 0 Å². The molecule has 2 rings (SSSR count). The highest BCUT2D eigenvalue weighted by Crippen LogP contribution is 2.30. The SMILES string of the molecule is COc1cccc2nc(C#N)sc12. The Morgan fingerprint density at radius 2 is 2.38 bits per heavy atom. The number of hydrogen-bond donors (Lipinski definition) is 0. The van der Waals surface area contributed by atoms with Gasteiger partial charge in [0.25, 0.3) is 0 Å². The molecule has 0 spiro atoms. The maximum atomic E-state index is 8.66. The zero-order chi connectivity index (χ0) is 9.26. The summed E-state index contributed by atoms with van der Waals surface area (Å²) >= 11 is 1.35. The molecule has 0 saturated heterocycles. The van der Waals surface area contributed by atoms with Crippen LogP contribution in [0.3, 0.4) is 0 Å². The van der Waals surface area contributed by atoms with Crippen LogP contribution in [-0.4, -0.2) is 12.1 Å². The van der Waals surface area contributed by atoms with Gasteiger partial charge < -0.3 is 4.74 Å². The molecule has 0 aliphatic rings. The second-order valence-corrected chi connectivity index (χ2v) is 3.44. The molecule has 2 aromatic rings. The summed E-state index contributed by atoms with van der Waals surface area (Å²) in [6.07, 6.45) is 0. The van der Waals surface area contributed by atoms with Crippen LogP contribution in [0.2, 0.25) is 0 Å². The minimum atomic E-state index is 0.472. The van der Waals surface area contributed by atoms with Gasteiger partial charge in [-0.15, -0.1) is 0 Å². The predicted octanol–water partition coefficient (Wildman–Crippen LogP) is 2.18. The zero-order valence-electron chi connectivity index (χ0n) is 6.94. The van der Waals surface area contributed by atoms with E-state index in [2.05, 4.69) is 4.98 Å². The third-order valence-electron chi connectivity index (χ3n) is 1.69. The lowest BCUT2D eigenvalue weighted by molar-refractivity contribution is 0.420. The summed E-state index contributed by atoms with van der Waals surface area (Å²) in [6.45, 7) is 0. The van der Waals surface area contributed by atoms with Gasteiger partial charge in [0.2, 0.25) is 0 Å². The van der Waals surface area contributed by atoms with Crippen molar-refractivity contribution in [1.82, 2.24) is 4.98 Å². The molecule has 1 heterocycles. The highest BCUT2D eigenvalue weighted by Gasteiger charge is 2.06. The van der Waals surface area contributed by atoms with Crippen molar-refractivity contribution in [1.29, 1.82) is 5.26 Å². The van der Waals surface area contributed by atoms with Gasteiger partial charge in [0, 0.05) is 0 Å². The van der Waals surface area contributed by atoms with Crippen LogP contribution in [0.5, 0.6) is 5.75 Å². The van der Waals surface area contributed by atoms with Crippen LogP contribution in [0, 0.1) is 11.3 Å². The number of thiazole rings is 1. The quantitative estimate of drug-likeness (QED) is 0.692. The number of nitriles is 1. The first-order chi connectivity index (χ1) is 6.35. The van der Waals surface area contributed by atoms with Crippen LogP contribution in [0.15, 0.2) is 18.2 Å². The van der Waals surface area contributed by atoms with Gasteiger partial charge >= 0.3 is 0 Å². The number of aromatic nitrogens is 1. The van der Waals surface area contributed by atoms with E-state index in [0.29, 0.717) is 5.01 Å². The Bertz CT molecular complexity index is 484. The van der Waals surface area contributed by atoms with Crippen LogP contribution in [-0.2, 0) is 0 Å². The monoisotopic (exact) mass is 190 g/mol. The maximum absolute atomic E-state index is 8.66. The van der Waals surface area contributed by atoms with Gasteiger partial charge in [0.1, 0.15) is 11.8 Å². The molecule has 0 unspecified atom stereocenters. The Morgan fingerprint density at radius 1 is 1.54 bits per heavy atom. The molecule has 0 N–H and O–H groups in total. The van der Waals surface area contributed by atoms with Crippen molar-refractivity contribution < 1.29 is 4.74 Å². The van der Waals surface area contributed by atoms with Gasteiger partial charge in [-0.05, 0) is 12.1 Å². The first-order valence-corrected chi connectivity index (χ1v) is 4.50. The number of fused-ring (bicyclic) bond motifs is 1. The number of rotatable bonds is 1. The summed E-state index contributed by atoms with van der Waals surface area (Å²) in [5.74, 6) is 0.775. The average molecular weight is 190 g/mol. The van der Waals surface area contributed by atoms with E-state index in [1.807, 2.05) is 24.3 Å². The molecule has 0 aliphatic carbocycles. The van der Waals surface area contributed by atoms with Gasteiger partial charge in [0.15, 0.2) is 5.01 Å². The van der Waals surface area contributed by atoms with E-state index in [9.17, 15) is 0 Å². The van der Waals surface area contributed by atoms with Crippen LogP contribution < -0.4 is 4.74 Å². The fourth-order valence-electron chi connectivity index (χ4n) is 1.13. The molecule has 1 aromatic carbocycles. The highest BCUT2D eigenvalue weighted by molar-refractivity contribution is 7.19. The van der Waals surface area contributed by atoms with Gasteiger partial charge in [0.05, 0.1) is 17.3 Å². The topological polar surface area (TPSA) is 45.9 Å². The lowest BCUT2D eigenvalue weighted by Crippen LogP contribution is -1.81. The molecule has 13 heavy (non-hydrogen) atoms. The van der Waals surface area contributed by atoms with Gasteiger partial charge in [-0.25, -0.2) is 4.98 Å². The molecule has 0 amide bonds. The molecular weight excluding hydrogens is 184 g/mol. The lowest BCUT2D eigenvalue weighted by Gasteiger charge is -1.97. The number of methoxy groups -OCH3 is 1. The minimum absolute atomic E-state index is 0.472.